The zero-order valence-electron chi connectivity index (χ0n) is 19.7. The summed E-state index contributed by atoms with van der Waals surface area (Å²) in [4.78, 5) is 1.92. The number of aryl methyl sites for hydroxylation is 2. The maximum absolute atomic E-state index is 10.5. The van der Waals surface area contributed by atoms with Crippen LogP contribution in [0.25, 0.3) is 0 Å². The van der Waals surface area contributed by atoms with Crippen LogP contribution in [0.3, 0.4) is 0 Å². The number of likely N-dealkylation sites (N-methyl/N-ethyl adjacent to an activating group) is 1. The Balaban J connectivity index is 1.92. The standard InChI is InChI=1S/C25H29N7/c1-16-22(29(4)5)24(14-26,15-27)32-25(16,18-11-9-13-31(18)7)21-19(23(21,2)3)20(28-32)17-10-8-12-30(17)6/h8-13,19,21H,1-7H3/t19-,21+,25-/m1/s1. The van der Waals surface area contributed by atoms with E-state index in [4.69, 9.17) is 5.10 Å². The summed E-state index contributed by atoms with van der Waals surface area (Å²) in [5.41, 5.74) is 2.57. The van der Waals surface area contributed by atoms with Crippen molar-refractivity contribution in [3.8, 4) is 12.1 Å². The Kier molecular flexibility index (Phi) is 3.88. The Labute approximate surface area is 189 Å². The van der Waals surface area contributed by atoms with Crippen molar-refractivity contribution in [2.24, 2.45) is 36.4 Å². The minimum atomic E-state index is -1.52. The first-order valence-corrected chi connectivity index (χ1v) is 10.9. The molecule has 32 heavy (non-hydrogen) atoms. The lowest BCUT2D eigenvalue weighted by Gasteiger charge is -2.45. The summed E-state index contributed by atoms with van der Waals surface area (Å²) in [7, 11) is 7.87. The van der Waals surface area contributed by atoms with E-state index >= 15 is 0 Å². The fraction of sp³-hybridized carbons (Fsp3) is 0.480. The topological polar surface area (TPSA) is 76.3 Å². The molecule has 0 aromatic carbocycles. The Morgan fingerprint density at radius 3 is 2.16 bits per heavy atom. The first kappa shape index (κ1) is 20.5. The summed E-state index contributed by atoms with van der Waals surface area (Å²) in [6, 6.07) is 13.0. The molecule has 0 N–H and O–H groups in total. The van der Waals surface area contributed by atoms with Gasteiger partial charge in [0.1, 0.15) is 17.7 Å². The van der Waals surface area contributed by atoms with Crippen LogP contribution in [0, 0.1) is 39.9 Å². The molecule has 3 atom stereocenters. The van der Waals surface area contributed by atoms with Gasteiger partial charge in [-0.15, -0.1) is 0 Å². The van der Waals surface area contributed by atoms with Crippen LogP contribution in [0.1, 0.15) is 32.2 Å². The third-order valence-corrected chi connectivity index (χ3v) is 8.01. The second-order valence-corrected chi connectivity index (χ2v) is 10.2. The molecule has 0 spiro atoms. The highest BCUT2D eigenvalue weighted by molar-refractivity contribution is 6.04. The number of fused-ring (bicyclic) bond motifs is 3. The van der Waals surface area contributed by atoms with Crippen molar-refractivity contribution < 1.29 is 0 Å². The van der Waals surface area contributed by atoms with Gasteiger partial charge >= 0.3 is 0 Å². The molecule has 7 nitrogen and oxygen atoms in total. The summed E-state index contributed by atoms with van der Waals surface area (Å²) in [5, 5.41) is 28.1. The Bertz CT molecular complexity index is 1260. The first-order chi connectivity index (χ1) is 15.1. The lowest BCUT2D eigenvalue weighted by molar-refractivity contribution is 0.0555. The van der Waals surface area contributed by atoms with Crippen LogP contribution in [0.2, 0.25) is 0 Å². The van der Waals surface area contributed by atoms with E-state index in [2.05, 4.69) is 54.2 Å². The van der Waals surface area contributed by atoms with Crippen molar-refractivity contribution in [2.45, 2.75) is 31.8 Å². The molecule has 0 unspecified atom stereocenters. The quantitative estimate of drug-likeness (QED) is 0.754. The molecule has 1 saturated carbocycles. The number of aromatic nitrogens is 2. The van der Waals surface area contributed by atoms with Crippen LogP contribution in [0.5, 0.6) is 0 Å². The molecule has 2 aromatic heterocycles. The van der Waals surface area contributed by atoms with Crippen LogP contribution in [-0.2, 0) is 19.6 Å². The highest BCUT2D eigenvalue weighted by Crippen LogP contribution is 2.74. The van der Waals surface area contributed by atoms with Crippen LogP contribution in [0.15, 0.2) is 53.0 Å². The van der Waals surface area contributed by atoms with E-state index in [0.717, 1.165) is 28.4 Å². The van der Waals surface area contributed by atoms with Crippen molar-refractivity contribution in [1.82, 2.24) is 19.0 Å². The van der Waals surface area contributed by atoms with Crippen molar-refractivity contribution >= 4 is 5.71 Å². The van der Waals surface area contributed by atoms with Gasteiger partial charge in [0.15, 0.2) is 0 Å². The number of hydrogen-bond donors (Lipinski definition) is 0. The molecule has 2 aromatic rings. The van der Waals surface area contributed by atoms with Gasteiger partial charge < -0.3 is 14.0 Å². The van der Waals surface area contributed by atoms with Gasteiger partial charge in [-0.3, -0.25) is 0 Å². The van der Waals surface area contributed by atoms with Crippen LogP contribution < -0.4 is 0 Å². The molecule has 0 radical (unpaired) electrons. The number of nitriles is 2. The van der Waals surface area contributed by atoms with Crippen molar-refractivity contribution in [3.63, 3.8) is 0 Å². The highest BCUT2D eigenvalue weighted by Gasteiger charge is 2.79. The summed E-state index contributed by atoms with van der Waals surface area (Å²) >= 11 is 0. The van der Waals surface area contributed by atoms with Gasteiger partial charge in [0.2, 0.25) is 0 Å². The zero-order valence-corrected chi connectivity index (χ0v) is 19.7. The van der Waals surface area contributed by atoms with Crippen LogP contribution in [0.4, 0.5) is 0 Å². The average molecular weight is 428 g/mol. The van der Waals surface area contributed by atoms with E-state index in [-0.39, 0.29) is 17.3 Å². The van der Waals surface area contributed by atoms with E-state index in [0.29, 0.717) is 0 Å². The number of rotatable bonds is 3. The number of nitrogens with zero attached hydrogens (tertiary/aromatic N) is 7. The first-order valence-electron chi connectivity index (χ1n) is 10.9. The predicted octanol–water partition coefficient (Wildman–Crippen LogP) is 3.19. The molecule has 2 aliphatic heterocycles. The third kappa shape index (κ3) is 2.02. The summed E-state index contributed by atoms with van der Waals surface area (Å²) in [6.07, 6.45) is 4.05. The Morgan fingerprint density at radius 2 is 1.66 bits per heavy atom. The molecule has 7 heteroatoms. The average Bonchev–Trinajstić information content (AvgIpc) is 3.12. The van der Waals surface area contributed by atoms with Gasteiger partial charge in [-0.25, -0.2) is 5.01 Å². The lowest BCUT2D eigenvalue weighted by Crippen LogP contribution is -2.56. The molecular formula is C25H29N7. The second-order valence-electron chi connectivity index (χ2n) is 10.2. The summed E-state index contributed by atoms with van der Waals surface area (Å²) in [5.74, 6) is 0.387. The number of hydrazone groups is 1. The van der Waals surface area contributed by atoms with Crippen LogP contribution in [-0.4, -0.2) is 44.4 Å². The van der Waals surface area contributed by atoms with Crippen molar-refractivity contribution in [3.05, 3.63) is 59.3 Å². The lowest BCUT2D eigenvalue weighted by atomic mass is 9.79. The van der Waals surface area contributed by atoms with E-state index in [1.165, 1.54) is 0 Å². The SMILES string of the molecule is CC1=C(N(C)C)C(C#N)(C#N)N2N=C(c3cccn3C)[C@@H]3[C@@H](C3(C)C)[C@]12c1cccn1C. The molecule has 0 bridgehead atoms. The van der Waals surface area contributed by atoms with Crippen molar-refractivity contribution in [1.29, 1.82) is 10.5 Å². The van der Waals surface area contributed by atoms with Gasteiger partial charge in [-0.1, -0.05) is 13.8 Å². The van der Waals surface area contributed by atoms with Gasteiger partial charge in [0.25, 0.3) is 5.54 Å². The van der Waals surface area contributed by atoms with Gasteiger partial charge in [-0.2, -0.15) is 15.6 Å². The second kappa shape index (κ2) is 6.07. The maximum atomic E-state index is 10.5. The van der Waals surface area contributed by atoms with E-state index in [1.54, 1.807) is 0 Å². The smallest absolute Gasteiger partial charge is 0.270 e. The van der Waals surface area contributed by atoms with Gasteiger partial charge in [0, 0.05) is 58.1 Å². The molecular weight excluding hydrogens is 398 g/mol. The van der Waals surface area contributed by atoms with Gasteiger partial charge in [0.05, 0.1) is 17.1 Å². The Morgan fingerprint density at radius 1 is 1.03 bits per heavy atom. The molecule has 164 valence electrons. The normalized spacial score (nSPS) is 29.0. The molecule has 4 heterocycles. The number of hydrogen-bond acceptors (Lipinski definition) is 5. The summed E-state index contributed by atoms with van der Waals surface area (Å²) < 4.78 is 4.19. The molecule has 0 amide bonds. The van der Waals surface area contributed by atoms with E-state index in [9.17, 15) is 10.5 Å². The minimum absolute atomic E-state index is 0.0538. The third-order valence-electron chi connectivity index (χ3n) is 8.01. The summed E-state index contributed by atoms with van der Waals surface area (Å²) in [6.45, 7) is 6.66. The van der Waals surface area contributed by atoms with E-state index < -0.39 is 11.1 Å². The van der Waals surface area contributed by atoms with Crippen molar-refractivity contribution in [2.75, 3.05) is 14.1 Å². The molecule has 1 fully saturated rings. The molecule has 1 aliphatic carbocycles. The highest BCUT2D eigenvalue weighted by atomic mass is 15.6. The fourth-order valence-corrected chi connectivity index (χ4v) is 6.73. The molecule has 5 rings (SSSR count). The Hall–Kier alpha value is -3.45. The molecule has 3 aliphatic rings. The predicted molar refractivity (Wildman–Crippen MR) is 122 cm³/mol. The minimum Gasteiger partial charge on any atom is -0.377 e. The fourth-order valence-electron chi connectivity index (χ4n) is 6.73. The largest absolute Gasteiger partial charge is 0.377 e. The molecule has 0 saturated heterocycles. The van der Waals surface area contributed by atoms with Crippen LogP contribution >= 0.6 is 0 Å². The van der Waals surface area contributed by atoms with E-state index in [1.807, 2.05) is 62.6 Å². The zero-order chi connectivity index (χ0) is 23.2. The maximum Gasteiger partial charge on any atom is 0.270 e. The monoisotopic (exact) mass is 427 g/mol. The van der Waals surface area contributed by atoms with Gasteiger partial charge in [-0.05, 0) is 42.2 Å².